The fourth-order valence-electron chi connectivity index (χ4n) is 4.99. The molecule has 1 aliphatic rings. The van der Waals surface area contributed by atoms with Crippen LogP contribution in [0.25, 0.3) is 0 Å². The molecular formula is C26H39F3N2O2. The van der Waals surface area contributed by atoms with Crippen LogP contribution in [0, 0.1) is 11.8 Å². The molecule has 4 unspecified atom stereocenters. The third kappa shape index (κ3) is 6.58. The minimum atomic E-state index is -4.62. The van der Waals surface area contributed by atoms with E-state index in [0.29, 0.717) is 18.7 Å². The zero-order chi connectivity index (χ0) is 24.8. The number of hydrogen-bond acceptors (Lipinski definition) is 3. The van der Waals surface area contributed by atoms with Crippen LogP contribution in [0.4, 0.5) is 13.2 Å². The molecule has 7 heteroatoms. The van der Waals surface area contributed by atoms with Gasteiger partial charge in [-0.1, -0.05) is 70.9 Å². The Morgan fingerprint density at radius 2 is 1.58 bits per heavy atom. The van der Waals surface area contributed by atoms with Gasteiger partial charge in [-0.25, -0.2) is 0 Å². The number of likely N-dealkylation sites (tertiary alicyclic amines) is 1. The van der Waals surface area contributed by atoms with Crippen LogP contribution in [0.1, 0.15) is 71.8 Å². The summed E-state index contributed by atoms with van der Waals surface area (Å²) in [4.78, 5) is 29.3. The molecule has 1 aromatic carbocycles. The molecule has 1 fully saturated rings. The van der Waals surface area contributed by atoms with E-state index in [4.69, 9.17) is 0 Å². The SMILES string of the molecule is CCCCN(CCCC)C(=O)CN1C(C)C(c2ccccc2)C(C(=O)C(C)C)C1C(F)(F)F. The molecule has 0 spiro atoms. The molecule has 4 atom stereocenters. The molecule has 1 aliphatic heterocycles. The minimum Gasteiger partial charge on any atom is -0.342 e. The Morgan fingerprint density at radius 3 is 2.03 bits per heavy atom. The van der Waals surface area contributed by atoms with Crippen molar-refractivity contribution >= 4 is 11.7 Å². The van der Waals surface area contributed by atoms with Gasteiger partial charge in [-0.15, -0.1) is 0 Å². The van der Waals surface area contributed by atoms with Gasteiger partial charge in [-0.3, -0.25) is 14.5 Å². The largest absolute Gasteiger partial charge is 0.404 e. The number of alkyl halides is 3. The molecule has 0 bridgehead atoms. The normalized spacial score (nSPS) is 23.8. The topological polar surface area (TPSA) is 40.6 Å². The van der Waals surface area contributed by atoms with Gasteiger partial charge in [-0.05, 0) is 25.3 Å². The Hall–Kier alpha value is -1.89. The number of amides is 1. The van der Waals surface area contributed by atoms with Crippen molar-refractivity contribution in [3.05, 3.63) is 35.9 Å². The van der Waals surface area contributed by atoms with Crippen LogP contribution in [0.3, 0.4) is 0 Å². The number of carbonyl (C=O) groups is 2. The highest BCUT2D eigenvalue weighted by Gasteiger charge is 2.61. The summed E-state index contributed by atoms with van der Waals surface area (Å²) < 4.78 is 43.5. The average molecular weight is 469 g/mol. The number of carbonyl (C=O) groups excluding carboxylic acids is 2. The molecule has 4 nitrogen and oxygen atoms in total. The van der Waals surface area contributed by atoms with Gasteiger partial charge >= 0.3 is 6.18 Å². The van der Waals surface area contributed by atoms with Gasteiger partial charge < -0.3 is 4.90 Å². The van der Waals surface area contributed by atoms with E-state index in [1.165, 1.54) is 4.90 Å². The lowest BCUT2D eigenvalue weighted by Crippen LogP contribution is -2.52. The van der Waals surface area contributed by atoms with Crippen LogP contribution in [0.2, 0.25) is 0 Å². The van der Waals surface area contributed by atoms with Crippen LogP contribution >= 0.6 is 0 Å². The van der Waals surface area contributed by atoms with Gasteiger partial charge in [0.2, 0.25) is 5.91 Å². The molecule has 1 heterocycles. The van der Waals surface area contributed by atoms with E-state index < -0.39 is 41.8 Å². The molecule has 0 N–H and O–H groups in total. The van der Waals surface area contributed by atoms with Gasteiger partial charge in [0.15, 0.2) is 0 Å². The zero-order valence-electron chi connectivity index (χ0n) is 20.6. The van der Waals surface area contributed by atoms with Crippen LogP contribution in [0.5, 0.6) is 0 Å². The first-order valence-electron chi connectivity index (χ1n) is 12.2. The highest BCUT2D eigenvalue weighted by atomic mass is 19.4. The van der Waals surface area contributed by atoms with Crippen molar-refractivity contribution in [2.45, 2.75) is 84.5 Å². The number of Topliss-reactive ketones (excluding diaryl/α,β-unsaturated/α-hetero) is 1. The lowest BCUT2D eigenvalue weighted by Gasteiger charge is -2.33. The second-order valence-electron chi connectivity index (χ2n) is 9.51. The van der Waals surface area contributed by atoms with E-state index in [1.807, 2.05) is 19.9 Å². The Bertz CT molecular complexity index is 759. The van der Waals surface area contributed by atoms with Crippen molar-refractivity contribution in [3.8, 4) is 0 Å². The van der Waals surface area contributed by atoms with Crippen LogP contribution in [-0.4, -0.2) is 59.4 Å². The smallest absolute Gasteiger partial charge is 0.342 e. The Labute approximate surface area is 196 Å². The molecule has 1 amide bonds. The molecule has 33 heavy (non-hydrogen) atoms. The second kappa shape index (κ2) is 12.0. The van der Waals surface area contributed by atoms with Crippen molar-refractivity contribution in [2.75, 3.05) is 19.6 Å². The molecule has 0 aliphatic carbocycles. The number of halogens is 3. The lowest BCUT2D eigenvalue weighted by molar-refractivity contribution is -0.191. The Kier molecular flexibility index (Phi) is 9.95. The number of rotatable bonds is 11. The van der Waals surface area contributed by atoms with Gasteiger partial charge in [0, 0.05) is 31.0 Å². The average Bonchev–Trinajstić information content (AvgIpc) is 3.06. The molecule has 1 aromatic rings. The first kappa shape index (κ1) is 27.4. The third-order valence-corrected chi connectivity index (χ3v) is 6.78. The van der Waals surface area contributed by atoms with Gasteiger partial charge in [0.1, 0.15) is 11.8 Å². The minimum absolute atomic E-state index is 0.289. The van der Waals surface area contributed by atoms with E-state index in [2.05, 4.69) is 0 Å². The number of ketones is 1. The number of unbranched alkanes of at least 4 members (excludes halogenated alkanes) is 2. The van der Waals surface area contributed by atoms with Crippen molar-refractivity contribution in [1.82, 2.24) is 9.80 Å². The van der Waals surface area contributed by atoms with Gasteiger partial charge in [-0.2, -0.15) is 13.2 Å². The van der Waals surface area contributed by atoms with Gasteiger partial charge in [0.25, 0.3) is 0 Å². The number of nitrogens with zero attached hydrogens (tertiary/aromatic N) is 2. The zero-order valence-corrected chi connectivity index (χ0v) is 20.6. The fourth-order valence-corrected chi connectivity index (χ4v) is 4.99. The predicted molar refractivity (Wildman–Crippen MR) is 125 cm³/mol. The van der Waals surface area contributed by atoms with E-state index in [0.717, 1.165) is 25.7 Å². The molecule has 1 saturated heterocycles. The van der Waals surface area contributed by atoms with E-state index in [-0.39, 0.29) is 12.5 Å². The summed E-state index contributed by atoms with van der Waals surface area (Å²) in [6.45, 7) is 9.83. The quantitative estimate of drug-likeness (QED) is 0.420. The highest BCUT2D eigenvalue weighted by Crippen LogP contribution is 2.49. The predicted octanol–water partition coefficient (Wildman–Crippen LogP) is 5.68. The standard InChI is InChI=1S/C26H39F3N2O2/c1-6-8-15-30(16-9-7-2)21(32)17-31-19(5)22(20-13-11-10-12-14-20)23(24(33)18(3)4)25(31)26(27,28)29/h10-14,18-19,22-23,25H,6-9,15-17H2,1-5H3. The van der Waals surface area contributed by atoms with Crippen molar-refractivity contribution in [2.24, 2.45) is 11.8 Å². The third-order valence-electron chi connectivity index (χ3n) is 6.78. The Morgan fingerprint density at radius 1 is 1.03 bits per heavy atom. The first-order chi connectivity index (χ1) is 15.5. The molecule has 186 valence electrons. The maximum Gasteiger partial charge on any atom is 0.404 e. The summed E-state index contributed by atoms with van der Waals surface area (Å²) in [7, 11) is 0. The summed E-state index contributed by atoms with van der Waals surface area (Å²) in [6, 6.07) is 6.37. The van der Waals surface area contributed by atoms with Crippen LogP contribution in [-0.2, 0) is 9.59 Å². The number of benzene rings is 1. The summed E-state index contributed by atoms with van der Waals surface area (Å²) in [5, 5.41) is 0. The maximum atomic E-state index is 14.5. The van der Waals surface area contributed by atoms with Crippen LogP contribution < -0.4 is 0 Å². The highest BCUT2D eigenvalue weighted by molar-refractivity contribution is 5.86. The molecule has 0 aromatic heterocycles. The fraction of sp³-hybridized carbons (Fsp3) is 0.692. The van der Waals surface area contributed by atoms with E-state index in [9.17, 15) is 22.8 Å². The second-order valence-corrected chi connectivity index (χ2v) is 9.51. The molecule has 2 rings (SSSR count). The first-order valence-corrected chi connectivity index (χ1v) is 12.2. The van der Waals surface area contributed by atoms with Crippen molar-refractivity contribution < 1.29 is 22.8 Å². The molecule has 0 radical (unpaired) electrons. The van der Waals surface area contributed by atoms with Crippen molar-refractivity contribution in [1.29, 1.82) is 0 Å². The summed E-state index contributed by atoms with van der Waals surface area (Å²) in [6.07, 6.45) is -1.18. The number of hydrogen-bond donors (Lipinski definition) is 0. The summed E-state index contributed by atoms with van der Waals surface area (Å²) in [5.74, 6) is -3.08. The maximum absolute atomic E-state index is 14.5. The van der Waals surface area contributed by atoms with E-state index in [1.54, 1.807) is 49.9 Å². The van der Waals surface area contributed by atoms with Crippen LogP contribution in [0.15, 0.2) is 30.3 Å². The van der Waals surface area contributed by atoms with Crippen molar-refractivity contribution in [3.63, 3.8) is 0 Å². The van der Waals surface area contributed by atoms with E-state index >= 15 is 0 Å². The molecule has 0 saturated carbocycles. The van der Waals surface area contributed by atoms with Gasteiger partial charge in [0.05, 0.1) is 12.5 Å². The summed E-state index contributed by atoms with van der Waals surface area (Å²) in [5.41, 5.74) is 0.710. The summed E-state index contributed by atoms with van der Waals surface area (Å²) >= 11 is 0. The monoisotopic (exact) mass is 468 g/mol. The Balaban J connectivity index is 2.46. The lowest BCUT2D eigenvalue weighted by atomic mass is 9.77. The molecular weight excluding hydrogens is 429 g/mol.